The summed E-state index contributed by atoms with van der Waals surface area (Å²) >= 11 is 0. The monoisotopic (exact) mass is 418 g/mol. The maximum Gasteiger partial charge on any atom is 0.344 e. The van der Waals surface area contributed by atoms with E-state index in [9.17, 15) is 19.3 Å². The van der Waals surface area contributed by atoms with Gasteiger partial charge in [-0.25, -0.2) is 0 Å². The molecule has 0 spiro atoms. The minimum atomic E-state index is -3.34. The lowest BCUT2D eigenvalue weighted by atomic mass is 10.2. The van der Waals surface area contributed by atoms with Gasteiger partial charge in [-0.1, -0.05) is 21.6 Å². The van der Waals surface area contributed by atoms with Crippen LogP contribution in [0.1, 0.15) is 26.7 Å². The second-order valence-electron chi connectivity index (χ2n) is 4.87. The van der Waals surface area contributed by atoms with Crippen LogP contribution in [0.15, 0.2) is 0 Å². The van der Waals surface area contributed by atoms with Crippen LogP contribution < -0.4 is 11.1 Å². The summed E-state index contributed by atoms with van der Waals surface area (Å²) in [4.78, 5) is 21.9. The van der Waals surface area contributed by atoms with Gasteiger partial charge in [0.1, 0.15) is 12.1 Å². The lowest BCUT2D eigenvalue weighted by molar-refractivity contribution is -0.140. The first-order valence-electron chi connectivity index (χ1n) is 7.82. The number of rotatable bonds is 16. The summed E-state index contributed by atoms with van der Waals surface area (Å²) in [6.45, 7) is 3.79. The number of aliphatic carboxylic acids is 2. The molecule has 148 valence electrons. The first-order chi connectivity index (χ1) is 11.8. The van der Waals surface area contributed by atoms with Gasteiger partial charge in [-0.15, -0.1) is 0 Å². The topological polar surface area (TPSA) is 148 Å². The van der Waals surface area contributed by atoms with Crippen LogP contribution in [0.4, 0.5) is 0 Å². The summed E-state index contributed by atoms with van der Waals surface area (Å²) in [7, 11) is -0.458. The van der Waals surface area contributed by atoms with Crippen molar-refractivity contribution in [1.82, 2.24) is 5.32 Å². The van der Waals surface area contributed by atoms with Gasteiger partial charge in [-0.05, 0) is 26.7 Å². The van der Waals surface area contributed by atoms with Gasteiger partial charge in [0.2, 0.25) is 0 Å². The quantitative estimate of drug-likeness (QED) is 0.165. The van der Waals surface area contributed by atoms with E-state index in [-0.39, 0.29) is 19.5 Å². The minimum absolute atomic E-state index is 0.170. The van der Waals surface area contributed by atoms with Gasteiger partial charge in [-0.2, -0.15) is 0 Å². The third-order valence-corrected chi connectivity index (χ3v) is 7.23. The third-order valence-electron chi connectivity index (χ3n) is 2.88. The number of carboxylic acids is 2. The predicted octanol–water partition coefficient (Wildman–Crippen LogP) is 1.83. The summed E-state index contributed by atoms with van der Waals surface area (Å²) in [5.74, 6) is -0.982. The standard InChI is InChI=1S/C13H27N2O7PS2/c1-3-21-23(20,22-4-2)9-15-11(13(18)19)6-8-25-24-7-5-10(14)12(16)17/h10-11,15H,3-9,14H2,1-2H3,(H,16,17)(H,18,19)/t10?,11-/m0/s1. The Kier molecular flexibility index (Phi) is 13.7. The van der Waals surface area contributed by atoms with E-state index in [2.05, 4.69) is 5.32 Å². The molecule has 2 atom stereocenters. The van der Waals surface area contributed by atoms with Crippen LogP contribution in [-0.4, -0.2) is 65.2 Å². The molecule has 0 aliphatic heterocycles. The van der Waals surface area contributed by atoms with Gasteiger partial charge >= 0.3 is 19.5 Å². The Morgan fingerprint density at radius 1 is 1.08 bits per heavy atom. The second kappa shape index (κ2) is 13.9. The lowest BCUT2D eigenvalue weighted by Gasteiger charge is -2.20. The molecule has 9 nitrogen and oxygen atoms in total. The molecule has 0 saturated carbocycles. The Labute approximate surface area is 155 Å². The van der Waals surface area contributed by atoms with Crippen LogP contribution in [0, 0.1) is 0 Å². The van der Waals surface area contributed by atoms with Crippen molar-refractivity contribution in [3.8, 4) is 0 Å². The van der Waals surface area contributed by atoms with Crippen LogP contribution in [-0.2, 0) is 23.2 Å². The van der Waals surface area contributed by atoms with E-state index in [0.29, 0.717) is 24.3 Å². The average Bonchev–Trinajstić information content (AvgIpc) is 2.53. The summed E-state index contributed by atoms with van der Waals surface area (Å²) in [5, 5.41) is 20.6. The molecular formula is C13H27N2O7PS2. The molecule has 0 aromatic rings. The summed E-state index contributed by atoms with van der Waals surface area (Å²) in [5.41, 5.74) is 5.39. The molecule has 0 aromatic heterocycles. The molecule has 25 heavy (non-hydrogen) atoms. The van der Waals surface area contributed by atoms with Crippen molar-refractivity contribution in [2.45, 2.75) is 38.8 Å². The van der Waals surface area contributed by atoms with E-state index in [1.54, 1.807) is 13.8 Å². The van der Waals surface area contributed by atoms with Gasteiger partial charge in [-0.3, -0.25) is 19.5 Å². The molecule has 1 unspecified atom stereocenters. The molecule has 0 saturated heterocycles. The zero-order valence-electron chi connectivity index (χ0n) is 14.4. The maximum atomic E-state index is 12.3. The van der Waals surface area contributed by atoms with Crippen LogP contribution in [0.25, 0.3) is 0 Å². The molecule has 0 heterocycles. The minimum Gasteiger partial charge on any atom is -0.480 e. The molecule has 0 bridgehead atoms. The Bertz CT molecular complexity index is 446. The number of hydrogen-bond acceptors (Lipinski definition) is 9. The molecule has 12 heteroatoms. The normalized spacial score (nSPS) is 14.2. The summed E-state index contributed by atoms with van der Waals surface area (Å²) < 4.78 is 22.5. The molecule has 0 fully saturated rings. The zero-order valence-corrected chi connectivity index (χ0v) is 16.9. The van der Waals surface area contributed by atoms with Crippen molar-refractivity contribution in [1.29, 1.82) is 0 Å². The van der Waals surface area contributed by atoms with Crippen molar-refractivity contribution in [3.63, 3.8) is 0 Å². The third kappa shape index (κ3) is 11.8. The van der Waals surface area contributed by atoms with E-state index in [4.69, 9.17) is 19.9 Å². The fourth-order valence-electron chi connectivity index (χ4n) is 1.64. The van der Waals surface area contributed by atoms with E-state index in [1.165, 1.54) is 21.6 Å². The van der Waals surface area contributed by atoms with Gasteiger partial charge in [0.15, 0.2) is 0 Å². The first-order valence-corrected chi connectivity index (χ1v) is 12.0. The highest BCUT2D eigenvalue weighted by molar-refractivity contribution is 8.76. The van der Waals surface area contributed by atoms with E-state index in [1.807, 2.05) is 0 Å². The van der Waals surface area contributed by atoms with Crippen molar-refractivity contribution in [2.75, 3.05) is 31.0 Å². The fraction of sp³-hybridized carbons (Fsp3) is 0.846. The van der Waals surface area contributed by atoms with Gasteiger partial charge in [0.25, 0.3) is 0 Å². The molecule has 0 aromatic carbocycles. The number of carbonyl (C=O) groups is 2. The predicted molar refractivity (Wildman–Crippen MR) is 100 cm³/mol. The molecule has 5 N–H and O–H groups in total. The molecule has 0 aliphatic rings. The van der Waals surface area contributed by atoms with Crippen molar-refractivity contribution in [3.05, 3.63) is 0 Å². The Morgan fingerprint density at radius 3 is 2.04 bits per heavy atom. The highest BCUT2D eigenvalue weighted by Gasteiger charge is 2.27. The smallest absolute Gasteiger partial charge is 0.344 e. The van der Waals surface area contributed by atoms with Crippen LogP contribution >= 0.6 is 29.2 Å². The van der Waals surface area contributed by atoms with Gasteiger partial charge < -0.3 is 25.0 Å². The number of hydrogen-bond donors (Lipinski definition) is 4. The summed E-state index contributed by atoms with van der Waals surface area (Å²) in [6.07, 6.45) is 0.493. The average molecular weight is 418 g/mol. The zero-order chi connectivity index (χ0) is 19.3. The molecular weight excluding hydrogens is 391 g/mol. The number of nitrogens with one attached hydrogen (secondary N) is 1. The van der Waals surface area contributed by atoms with Gasteiger partial charge in [0.05, 0.1) is 19.5 Å². The molecule has 0 rings (SSSR count). The SMILES string of the molecule is CCOP(=O)(CN[C@@H](CCSSCCC(N)C(=O)O)C(=O)O)OCC. The van der Waals surface area contributed by atoms with Crippen LogP contribution in [0.3, 0.4) is 0 Å². The van der Waals surface area contributed by atoms with Gasteiger partial charge in [0, 0.05) is 11.5 Å². The Hall–Kier alpha value is -0.290. The number of carboxylic acid groups (broad SMARTS) is 2. The Morgan fingerprint density at radius 2 is 1.60 bits per heavy atom. The van der Waals surface area contributed by atoms with Crippen LogP contribution in [0.5, 0.6) is 0 Å². The maximum absolute atomic E-state index is 12.3. The second-order valence-corrected chi connectivity index (χ2v) is 9.62. The number of nitrogens with two attached hydrogens (primary N) is 1. The molecule has 0 amide bonds. The first kappa shape index (κ1) is 24.7. The molecule has 0 radical (unpaired) electrons. The van der Waals surface area contributed by atoms with E-state index < -0.39 is 31.6 Å². The van der Waals surface area contributed by atoms with Crippen molar-refractivity contribution >= 4 is 41.1 Å². The van der Waals surface area contributed by atoms with Crippen LogP contribution in [0.2, 0.25) is 0 Å². The summed E-state index contributed by atoms with van der Waals surface area (Å²) in [6, 6.07) is -1.75. The van der Waals surface area contributed by atoms with Crippen molar-refractivity contribution < 1.29 is 33.4 Å². The molecule has 0 aliphatic carbocycles. The lowest BCUT2D eigenvalue weighted by Crippen LogP contribution is -2.38. The largest absolute Gasteiger partial charge is 0.480 e. The van der Waals surface area contributed by atoms with Crippen molar-refractivity contribution in [2.24, 2.45) is 5.73 Å². The van der Waals surface area contributed by atoms with E-state index in [0.717, 1.165) is 0 Å². The highest BCUT2D eigenvalue weighted by Crippen LogP contribution is 2.46. The highest BCUT2D eigenvalue weighted by atomic mass is 33.1. The Balaban J connectivity index is 4.16. The fourth-order valence-corrected chi connectivity index (χ4v) is 5.33. The van der Waals surface area contributed by atoms with E-state index >= 15 is 0 Å².